The summed E-state index contributed by atoms with van der Waals surface area (Å²) < 4.78 is 6.42. The van der Waals surface area contributed by atoms with E-state index in [1.54, 1.807) is 17.0 Å². The molecule has 0 fully saturated rings. The molecule has 76 valence electrons. The van der Waals surface area contributed by atoms with Crippen molar-refractivity contribution in [3.05, 3.63) is 30.4 Å². The number of nitrogens with zero attached hydrogens (tertiary/aromatic N) is 2. The zero-order valence-electron chi connectivity index (χ0n) is 8.49. The molecule has 14 heavy (non-hydrogen) atoms. The van der Waals surface area contributed by atoms with Crippen LogP contribution >= 0.6 is 0 Å². The van der Waals surface area contributed by atoms with Gasteiger partial charge in [0.15, 0.2) is 5.69 Å². The molecule has 0 saturated carbocycles. The molecule has 0 N–H and O–H groups in total. The number of esters is 1. The van der Waals surface area contributed by atoms with Gasteiger partial charge in [0.2, 0.25) is 0 Å². The van der Waals surface area contributed by atoms with Gasteiger partial charge in [0, 0.05) is 6.54 Å². The van der Waals surface area contributed by atoms with Crippen molar-refractivity contribution in [2.45, 2.75) is 19.9 Å². The molecule has 0 aliphatic carbocycles. The van der Waals surface area contributed by atoms with E-state index in [1.807, 2.05) is 6.92 Å². The van der Waals surface area contributed by atoms with Crippen LogP contribution in [0, 0.1) is 0 Å². The van der Waals surface area contributed by atoms with Gasteiger partial charge in [0.05, 0.1) is 19.1 Å². The molecule has 1 aromatic heterocycles. The van der Waals surface area contributed by atoms with Gasteiger partial charge in [-0.25, -0.2) is 9.78 Å². The third kappa shape index (κ3) is 1.84. The van der Waals surface area contributed by atoms with E-state index >= 15 is 0 Å². The van der Waals surface area contributed by atoms with E-state index in [0.717, 1.165) is 5.69 Å². The third-order valence-electron chi connectivity index (χ3n) is 1.95. The standard InChI is InChI=1S/C10H14N2O2/c1-4-6-12-7-11-8(5-2)9(12)10(13)14-3/h4,7H,1,5-6H2,2-3H3. The Morgan fingerprint density at radius 1 is 1.79 bits per heavy atom. The van der Waals surface area contributed by atoms with Crippen LogP contribution in [0.4, 0.5) is 0 Å². The maximum Gasteiger partial charge on any atom is 0.356 e. The maximum absolute atomic E-state index is 11.4. The summed E-state index contributed by atoms with van der Waals surface area (Å²) >= 11 is 0. The summed E-state index contributed by atoms with van der Waals surface area (Å²) in [7, 11) is 1.37. The van der Waals surface area contributed by atoms with Gasteiger partial charge in [-0.2, -0.15) is 0 Å². The molecule has 0 amide bonds. The van der Waals surface area contributed by atoms with Crippen molar-refractivity contribution < 1.29 is 9.53 Å². The smallest absolute Gasteiger partial charge is 0.356 e. The number of aromatic nitrogens is 2. The highest BCUT2D eigenvalue weighted by molar-refractivity contribution is 5.88. The van der Waals surface area contributed by atoms with Gasteiger partial charge in [-0.05, 0) is 6.42 Å². The summed E-state index contributed by atoms with van der Waals surface area (Å²) in [5.74, 6) is -0.346. The Morgan fingerprint density at radius 3 is 3.00 bits per heavy atom. The molecule has 0 atom stereocenters. The second-order valence-electron chi connectivity index (χ2n) is 2.83. The molecule has 4 nitrogen and oxygen atoms in total. The third-order valence-corrected chi connectivity index (χ3v) is 1.95. The molecular weight excluding hydrogens is 180 g/mol. The number of rotatable bonds is 4. The Bertz CT molecular complexity index is 342. The predicted octanol–water partition coefficient (Wildman–Crippen LogP) is 1.42. The van der Waals surface area contributed by atoms with E-state index in [0.29, 0.717) is 18.7 Å². The van der Waals surface area contributed by atoms with E-state index in [2.05, 4.69) is 11.6 Å². The van der Waals surface area contributed by atoms with Gasteiger partial charge in [0.25, 0.3) is 0 Å². The Kier molecular flexibility index (Phi) is 3.45. The number of methoxy groups -OCH3 is 1. The monoisotopic (exact) mass is 194 g/mol. The van der Waals surface area contributed by atoms with Crippen molar-refractivity contribution in [3.63, 3.8) is 0 Å². The van der Waals surface area contributed by atoms with Crippen molar-refractivity contribution in [1.82, 2.24) is 9.55 Å². The molecule has 0 aromatic carbocycles. The fourth-order valence-corrected chi connectivity index (χ4v) is 1.29. The van der Waals surface area contributed by atoms with Crippen LogP contribution < -0.4 is 0 Å². The first-order valence-corrected chi connectivity index (χ1v) is 4.47. The first kappa shape index (κ1) is 10.5. The van der Waals surface area contributed by atoms with Crippen LogP contribution in [0.1, 0.15) is 23.1 Å². The molecular formula is C10H14N2O2. The van der Waals surface area contributed by atoms with Crippen molar-refractivity contribution in [3.8, 4) is 0 Å². The molecule has 1 rings (SSSR count). The number of hydrogen-bond donors (Lipinski definition) is 0. The molecule has 0 aliphatic rings. The number of imidazole rings is 1. The molecule has 4 heteroatoms. The summed E-state index contributed by atoms with van der Waals surface area (Å²) in [6.45, 7) is 6.13. The van der Waals surface area contributed by atoms with Crippen LogP contribution in [-0.4, -0.2) is 22.6 Å². The van der Waals surface area contributed by atoms with Gasteiger partial charge < -0.3 is 9.30 Å². The molecule has 0 spiro atoms. The maximum atomic E-state index is 11.4. The Balaban J connectivity index is 3.11. The predicted molar refractivity (Wildman–Crippen MR) is 53.1 cm³/mol. The minimum Gasteiger partial charge on any atom is -0.464 e. The topological polar surface area (TPSA) is 44.1 Å². The SMILES string of the molecule is C=CCn1cnc(CC)c1C(=O)OC. The van der Waals surface area contributed by atoms with Crippen LogP contribution in [-0.2, 0) is 17.7 Å². The minimum atomic E-state index is -0.346. The van der Waals surface area contributed by atoms with Crippen LogP contribution in [0.2, 0.25) is 0 Å². The van der Waals surface area contributed by atoms with Crippen LogP contribution in [0.3, 0.4) is 0 Å². The van der Waals surface area contributed by atoms with Crippen molar-refractivity contribution >= 4 is 5.97 Å². The van der Waals surface area contributed by atoms with Gasteiger partial charge in [0.1, 0.15) is 0 Å². The molecule has 0 bridgehead atoms. The average molecular weight is 194 g/mol. The zero-order valence-corrected chi connectivity index (χ0v) is 8.49. The van der Waals surface area contributed by atoms with Gasteiger partial charge in [-0.3, -0.25) is 0 Å². The number of carbonyl (C=O) groups is 1. The molecule has 0 radical (unpaired) electrons. The minimum absolute atomic E-state index is 0.346. The number of hydrogen-bond acceptors (Lipinski definition) is 3. The lowest BCUT2D eigenvalue weighted by molar-refractivity contribution is 0.0587. The summed E-state index contributed by atoms with van der Waals surface area (Å²) in [6, 6.07) is 0. The van der Waals surface area contributed by atoms with Gasteiger partial charge >= 0.3 is 5.97 Å². The van der Waals surface area contributed by atoms with E-state index in [-0.39, 0.29) is 5.97 Å². The van der Waals surface area contributed by atoms with Crippen LogP contribution in [0.5, 0.6) is 0 Å². The quantitative estimate of drug-likeness (QED) is 0.537. The van der Waals surface area contributed by atoms with E-state index in [9.17, 15) is 4.79 Å². The summed E-state index contributed by atoms with van der Waals surface area (Å²) in [6.07, 6.45) is 4.06. The first-order valence-electron chi connectivity index (χ1n) is 4.47. The lowest BCUT2D eigenvalue weighted by Crippen LogP contribution is -2.11. The zero-order chi connectivity index (χ0) is 10.6. The highest BCUT2D eigenvalue weighted by Gasteiger charge is 2.16. The fourth-order valence-electron chi connectivity index (χ4n) is 1.29. The fraction of sp³-hybridized carbons (Fsp3) is 0.400. The lowest BCUT2D eigenvalue weighted by atomic mass is 10.2. The second kappa shape index (κ2) is 4.60. The molecule has 0 unspecified atom stereocenters. The Labute approximate surface area is 83.2 Å². The molecule has 0 saturated heterocycles. The van der Waals surface area contributed by atoms with E-state index < -0.39 is 0 Å². The summed E-state index contributed by atoms with van der Waals surface area (Å²) in [5, 5.41) is 0. The second-order valence-corrected chi connectivity index (χ2v) is 2.83. The van der Waals surface area contributed by atoms with Crippen molar-refractivity contribution in [2.24, 2.45) is 0 Å². The van der Waals surface area contributed by atoms with Crippen molar-refractivity contribution in [1.29, 1.82) is 0 Å². The summed E-state index contributed by atoms with van der Waals surface area (Å²) in [5.41, 5.74) is 1.29. The molecule has 1 heterocycles. The summed E-state index contributed by atoms with van der Waals surface area (Å²) in [4.78, 5) is 15.6. The van der Waals surface area contributed by atoms with Gasteiger partial charge in [-0.15, -0.1) is 6.58 Å². The normalized spacial score (nSPS) is 9.86. The average Bonchev–Trinajstić information content (AvgIpc) is 2.60. The van der Waals surface area contributed by atoms with E-state index in [4.69, 9.17) is 4.74 Å². The number of aryl methyl sites for hydroxylation is 1. The van der Waals surface area contributed by atoms with E-state index in [1.165, 1.54) is 7.11 Å². The molecule has 0 aliphatic heterocycles. The Hall–Kier alpha value is -1.58. The molecule has 1 aromatic rings. The van der Waals surface area contributed by atoms with Gasteiger partial charge in [-0.1, -0.05) is 13.0 Å². The number of ether oxygens (including phenoxy) is 1. The van der Waals surface area contributed by atoms with Crippen molar-refractivity contribution in [2.75, 3.05) is 7.11 Å². The largest absolute Gasteiger partial charge is 0.464 e. The number of carbonyl (C=O) groups excluding carboxylic acids is 1. The lowest BCUT2D eigenvalue weighted by Gasteiger charge is -2.04. The highest BCUT2D eigenvalue weighted by atomic mass is 16.5. The van der Waals surface area contributed by atoms with Crippen LogP contribution in [0.25, 0.3) is 0 Å². The first-order chi connectivity index (χ1) is 6.74. The highest BCUT2D eigenvalue weighted by Crippen LogP contribution is 2.09. The number of allylic oxidation sites excluding steroid dienone is 1. The van der Waals surface area contributed by atoms with Crippen LogP contribution in [0.15, 0.2) is 19.0 Å². The Morgan fingerprint density at radius 2 is 2.50 bits per heavy atom.